The largest absolute Gasteiger partial charge is 0.508 e. The Bertz CT molecular complexity index is 121. The highest BCUT2D eigenvalue weighted by atomic mass is 19.1. The molecule has 0 aromatic heterocycles. The van der Waals surface area contributed by atoms with Crippen LogP contribution >= 0.6 is 0 Å². The molecule has 0 rings (SSSR count). The third kappa shape index (κ3) is 4.80. The van der Waals surface area contributed by atoms with Crippen LogP contribution in [-0.4, -0.2) is 17.6 Å². The van der Waals surface area contributed by atoms with Gasteiger partial charge in [-0.15, -0.1) is 0 Å². The summed E-state index contributed by atoms with van der Waals surface area (Å²) in [5, 5.41) is 7.81. The summed E-state index contributed by atoms with van der Waals surface area (Å²) in [6.45, 7) is 1.57. The van der Waals surface area contributed by atoms with Gasteiger partial charge in [0.25, 0.3) is 6.36 Å². The van der Waals surface area contributed by atoms with Gasteiger partial charge in [0.05, 0.1) is 0 Å². The lowest BCUT2D eigenvalue weighted by Gasteiger charge is -1.98. The van der Waals surface area contributed by atoms with Crippen LogP contribution in [0.1, 0.15) is 6.92 Å². The fraction of sp³-hybridized carbons (Fsp3) is 0.400. The quantitative estimate of drug-likeness (QED) is 0.460. The number of alkyl halides is 1. The summed E-state index contributed by atoms with van der Waals surface area (Å²) < 4.78 is 15.6. The van der Waals surface area contributed by atoms with Gasteiger partial charge in [0.1, 0.15) is 0 Å². The van der Waals surface area contributed by atoms with Crippen molar-refractivity contribution in [3.05, 3.63) is 12.2 Å². The fourth-order valence-corrected chi connectivity index (χ4v) is 0.287. The zero-order valence-corrected chi connectivity index (χ0v) is 4.87. The average molecular weight is 134 g/mol. The van der Waals surface area contributed by atoms with Crippen LogP contribution in [0.25, 0.3) is 0 Å². The molecule has 52 valence electrons. The second-order valence-electron chi connectivity index (χ2n) is 1.26. The molecule has 9 heavy (non-hydrogen) atoms. The van der Waals surface area contributed by atoms with Gasteiger partial charge in [-0.1, -0.05) is 6.08 Å². The third-order valence-corrected chi connectivity index (χ3v) is 0.557. The first-order valence-corrected chi connectivity index (χ1v) is 2.33. The molecule has 0 amide bonds. The van der Waals surface area contributed by atoms with Gasteiger partial charge in [-0.25, -0.2) is 4.79 Å². The minimum absolute atomic E-state index is 0.994. The molecule has 1 unspecified atom stereocenters. The van der Waals surface area contributed by atoms with E-state index in [2.05, 4.69) is 4.74 Å². The van der Waals surface area contributed by atoms with Gasteiger partial charge in [0.15, 0.2) is 0 Å². The topological polar surface area (TPSA) is 46.5 Å². The molecule has 0 bridgehead atoms. The number of carbonyl (C=O) groups is 1. The van der Waals surface area contributed by atoms with E-state index in [-0.39, 0.29) is 0 Å². The number of ether oxygens (including phenoxy) is 1. The summed E-state index contributed by atoms with van der Waals surface area (Å²) in [5.41, 5.74) is 0. The van der Waals surface area contributed by atoms with Crippen LogP contribution in [0.5, 0.6) is 0 Å². The van der Waals surface area contributed by atoms with Gasteiger partial charge in [-0.2, -0.15) is 4.39 Å². The summed E-state index contributed by atoms with van der Waals surface area (Å²) in [4.78, 5) is 9.59. The van der Waals surface area contributed by atoms with Crippen molar-refractivity contribution in [1.29, 1.82) is 0 Å². The van der Waals surface area contributed by atoms with E-state index in [1.54, 1.807) is 6.92 Å². The Morgan fingerprint density at radius 2 is 2.44 bits per heavy atom. The standard InChI is InChI=1S/C5H7FO3/c1-2-3-4(6)9-5(7)8/h2-4H,1H3,(H,7,8). The Morgan fingerprint density at radius 1 is 1.89 bits per heavy atom. The summed E-state index contributed by atoms with van der Waals surface area (Å²) in [6.07, 6.45) is -1.09. The van der Waals surface area contributed by atoms with E-state index < -0.39 is 12.5 Å². The molecule has 4 heteroatoms. The van der Waals surface area contributed by atoms with Crippen molar-refractivity contribution >= 4 is 6.16 Å². The Balaban J connectivity index is 3.50. The monoisotopic (exact) mass is 134 g/mol. The molecule has 0 fully saturated rings. The molecule has 1 atom stereocenters. The maximum atomic E-state index is 12.0. The lowest BCUT2D eigenvalue weighted by molar-refractivity contribution is 0.0136. The van der Waals surface area contributed by atoms with Crippen LogP contribution in [0, 0.1) is 0 Å². The molecular weight excluding hydrogens is 127 g/mol. The van der Waals surface area contributed by atoms with E-state index in [9.17, 15) is 9.18 Å². The molecule has 0 saturated carbocycles. The van der Waals surface area contributed by atoms with Crippen molar-refractivity contribution in [1.82, 2.24) is 0 Å². The Hall–Kier alpha value is -1.06. The van der Waals surface area contributed by atoms with Crippen molar-refractivity contribution in [3.8, 4) is 0 Å². The van der Waals surface area contributed by atoms with Crippen LogP contribution < -0.4 is 0 Å². The first-order valence-electron chi connectivity index (χ1n) is 2.33. The zero-order chi connectivity index (χ0) is 7.28. The third-order valence-electron chi connectivity index (χ3n) is 0.557. The predicted octanol–water partition coefficient (Wildman–Crippen LogP) is 1.55. The molecule has 0 aliphatic rings. The molecule has 0 spiro atoms. The number of allylic oxidation sites excluding steroid dienone is 1. The van der Waals surface area contributed by atoms with Crippen molar-refractivity contribution in [3.63, 3.8) is 0 Å². The summed E-state index contributed by atoms with van der Waals surface area (Å²) in [5.74, 6) is 0. The van der Waals surface area contributed by atoms with E-state index >= 15 is 0 Å². The van der Waals surface area contributed by atoms with E-state index in [0.717, 1.165) is 6.08 Å². The zero-order valence-electron chi connectivity index (χ0n) is 4.87. The van der Waals surface area contributed by atoms with Gasteiger partial charge in [0, 0.05) is 0 Å². The van der Waals surface area contributed by atoms with Crippen LogP contribution in [0.4, 0.5) is 9.18 Å². The minimum Gasteiger partial charge on any atom is -0.450 e. The van der Waals surface area contributed by atoms with Gasteiger partial charge in [0.2, 0.25) is 0 Å². The first kappa shape index (κ1) is 7.94. The van der Waals surface area contributed by atoms with Crippen LogP contribution in [-0.2, 0) is 4.74 Å². The van der Waals surface area contributed by atoms with Gasteiger partial charge < -0.3 is 9.84 Å². The molecule has 0 saturated heterocycles. The lowest BCUT2D eigenvalue weighted by Crippen LogP contribution is -2.07. The SMILES string of the molecule is CC=CC(F)OC(=O)O. The Labute approximate surface area is 51.7 Å². The van der Waals surface area contributed by atoms with Crippen molar-refractivity contribution < 1.29 is 19.0 Å². The molecule has 0 aliphatic heterocycles. The Kier molecular flexibility index (Phi) is 3.43. The van der Waals surface area contributed by atoms with Gasteiger partial charge >= 0.3 is 6.16 Å². The molecule has 0 radical (unpaired) electrons. The molecule has 1 N–H and O–H groups in total. The lowest BCUT2D eigenvalue weighted by atomic mass is 10.5. The highest BCUT2D eigenvalue weighted by molar-refractivity contribution is 5.57. The average Bonchev–Trinajstić information content (AvgIpc) is 1.63. The second kappa shape index (κ2) is 3.88. The number of hydrogen-bond acceptors (Lipinski definition) is 2. The van der Waals surface area contributed by atoms with Crippen molar-refractivity contribution in [2.24, 2.45) is 0 Å². The molecule has 0 aliphatic carbocycles. The summed E-state index contributed by atoms with van der Waals surface area (Å²) in [7, 11) is 0. The normalized spacial score (nSPS) is 13.6. The number of hydrogen-bond donors (Lipinski definition) is 1. The van der Waals surface area contributed by atoms with Crippen LogP contribution in [0.2, 0.25) is 0 Å². The number of halogens is 1. The van der Waals surface area contributed by atoms with E-state index in [1.165, 1.54) is 6.08 Å². The number of carboxylic acid groups (broad SMARTS) is 1. The first-order chi connectivity index (χ1) is 4.16. The minimum atomic E-state index is -1.84. The molecule has 0 aromatic carbocycles. The molecule has 0 aromatic rings. The molecule has 3 nitrogen and oxygen atoms in total. The highest BCUT2D eigenvalue weighted by Gasteiger charge is 2.04. The van der Waals surface area contributed by atoms with Crippen molar-refractivity contribution in [2.45, 2.75) is 13.3 Å². The van der Waals surface area contributed by atoms with Gasteiger partial charge in [-0.3, -0.25) is 0 Å². The van der Waals surface area contributed by atoms with Crippen LogP contribution in [0.3, 0.4) is 0 Å². The molecule has 0 heterocycles. The highest BCUT2D eigenvalue weighted by Crippen LogP contribution is 1.95. The van der Waals surface area contributed by atoms with Crippen LogP contribution in [0.15, 0.2) is 12.2 Å². The number of rotatable bonds is 2. The van der Waals surface area contributed by atoms with Crippen molar-refractivity contribution in [2.75, 3.05) is 0 Å². The second-order valence-corrected chi connectivity index (χ2v) is 1.26. The maximum absolute atomic E-state index is 12.0. The molecular formula is C5H7FO3. The predicted molar refractivity (Wildman–Crippen MR) is 28.8 cm³/mol. The summed E-state index contributed by atoms with van der Waals surface area (Å²) >= 11 is 0. The smallest absolute Gasteiger partial charge is 0.450 e. The summed E-state index contributed by atoms with van der Waals surface area (Å²) in [6, 6.07) is 0. The van der Waals surface area contributed by atoms with E-state index in [0.29, 0.717) is 0 Å². The fourth-order valence-electron chi connectivity index (χ4n) is 0.287. The van der Waals surface area contributed by atoms with E-state index in [4.69, 9.17) is 5.11 Å². The van der Waals surface area contributed by atoms with E-state index in [1.807, 2.05) is 0 Å². The Morgan fingerprint density at radius 3 is 2.78 bits per heavy atom. The maximum Gasteiger partial charge on any atom is 0.508 e. The van der Waals surface area contributed by atoms with Gasteiger partial charge in [-0.05, 0) is 13.0 Å².